The number of carboxylic acid groups (broad SMARTS) is 1. The van der Waals surface area contributed by atoms with Gasteiger partial charge in [-0.15, -0.1) is 0 Å². The Labute approximate surface area is 136 Å². The second-order valence-electron chi connectivity index (χ2n) is 5.17. The molecule has 3 heterocycles. The lowest BCUT2D eigenvalue weighted by Gasteiger charge is -2.06. The van der Waals surface area contributed by atoms with Crippen molar-refractivity contribution in [3.05, 3.63) is 47.9 Å². The van der Waals surface area contributed by atoms with E-state index in [1.807, 2.05) is 18.2 Å². The van der Waals surface area contributed by atoms with Crippen LogP contribution in [0, 0.1) is 6.92 Å². The highest BCUT2D eigenvalue weighted by Gasteiger charge is 2.17. The Balaban J connectivity index is 1.76. The van der Waals surface area contributed by atoms with Crippen LogP contribution < -0.4 is 9.47 Å². The first-order chi connectivity index (χ1) is 11.6. The number of carbonyl (C=O) groups is 1. The minimum absolute atomic E-state index is 0.118. The highest BCUT2D eigenvalue weighted by molar-refractivity contribution is 5.88. The van der Waals surface area contributed by atoms with Gasteiger partial charge in [-0.2, -0.15) is 5.10 Å². The third kappa shape index (κ3) is 2.24. The quantitative estimate of drug-likeness (QED) is 0.787. The first-order valence-corrected chi connectivity index (χ1v) is 7.15. The smallest absolute Gasteiger partial charge is 0.339 e. The number of nitrogens with zero attached hydrogens (tertiary/aromatic N) is 4. The molecule has 0 unspecified atom stereocenters. The summed E-state index contributed by atoms with van der Waals surface area (Å²) < 4.78 is 12.1. The van der Waals surface area contributed by atoms with E-state index in [2.05, 4.69) is 15.1 Å². The third-order valence-electron chi connectivity index (χ3n) is 3.74. The molecule has 0 fully saturated rings. The third-order valence-corrected chi connectivity index (χ3v) is 3.74. The molecule has 0 bridgehead atoms. The summed E-state index contributed by atoms with van der Waals surface area (Å²) >= 11 is 0. The summed E-state index contributed by atoms with van der Waals surface area (Å²) in [5, 5.41) is 13.2. The van der Waals surface area contributed by atoms with Gasteiger partial charge in [0.25, 0.3) is 5.95 Å². The van der Waals surface area contributed by atoms with Crippen molar-refractivity contribution in [2.75, 3.05) is 6.79 Å². The summed E-state index contributed by atoms with van der Waals surface area (Å²) in [6, 6.07) is 7.30. The molecule has 120 valence electrons. The molecule has 8 nitrogen and oxygen atoms in total. The van der Waals surface area contributed by atoms with Crippen molar-refractivity contribution < 1.29 is 19.4 Å². The molecule has 1 N–H and O–H groups in total. The maximum absolute atomic E-state index is 11.1. The maximum atomic E-state index is 11.1. The summed E-state index contributed by atoms with van der Waals surface area (Å²) in [5.41, 5.74) is 2.09. The predicted molar refractivity (Wildman–Crippen MR) is 82.4 cm³/mol. The first kappa shape index (κ1) is 14.2. The Morgan fingerprint density at radius 2 is 2.08 bits per heavy atom. The van der Waals surface area contributed by atoms with Crippen molar-refractivity contribution in [3.8, 4) is 28.7 Å². The summed E-state index contributed by atoms with van der Waals surface area (Å²) in [7, 11) is 0. The van der Waals surface area contributed by atoms with Crippen molar-refractivity contribution in [1.82, 2.24) is 19.7 Å². The lowest BCUT2D eigenvalue weighted by Crippen LogP contribution is -2.06. The summed E-state index contributed by atoms with van der Waals surface area (Å²) in [6.07, 6.45) is 2.89. The molecule has 1 aliphatic heterocycles. The number of benzene rings is 1. The van der Waals surface area contributed by atoms with Gasteiger partial charge in [-0.1, -0.05) is 0 Å². The largest absolute Gasteiger partial charge is 0.478 e. The monoisotopic (exact) mass is 324 g/mol. The molecular weight excluding hydrogens is 312 g/mol. The van der Waals surface area contributed by atoms with Crippen LogP contribution in [0.3, 0.4) is 0 Å². The molecule has 0 saturated heterocycles. The van der Waals surface area contributed by atoms with Gasteiger partial charge in [-0.25, -0.2) is 19.4 Å². The highest BCUT2D eigenvalue weighted by Crippen LogP contribution is 2.35. The standard InChI is InChI=1S/C16H12N4O4/c1-9-11(15(21)22)7-18-20(9)16-17-5-4-12(19-16)10-2-3-13-14(6-10)24-8-23-13/h2-7H,8H2,1H3,(H,21,22). The maximum Gasteiger partial charge on any atom is 0.339 e. The van der Waals surface area contributed by atoms with Gasteiger partial charge in [-0.3, -0.25) is 0 Å². The lowest BCUT2D eigenvalue weighted by atomic mass is 10.1. The number of aromatic nitrogens is 4. The Hall–Kier alpha value is -3.42. The number of ether oxygens (including phenoxy) is 2. The molecule has 24 heavy (non-hydrogen) atoms. The van der Waals surface area contributed by atoms with E-state index in [1.165, 1.54) is 10.9 Å². The number of rotatable bonds is 3. The van der Waals surface area contributed by atoms with Gasteiger partial charge in [0.1, 0.15) is 5.56 Å². The van der Waals surface area contributed by atoms with E-state index >= 15 is 0 Å². The second kappa shape index (κ2) is 5.34. The molecule has 0 atom stereocenters. The Bertz CT molecular complexity index is 951. The number of fused-ring (bicyclic) bond motifs is 1. The van der Waals surface area contributed by atoms with Crippen LogP contribution in [0.25, 0.3) is 17.2 Å². The first-order valence-electron chi connectivity index (χ1n) is 7.15. The molecule has 3 aromatic rings. The van der Waals surface area contributed by atoms with Crippen LogP contribution >= 0.6 is 0 Å². The minimum atomic E-state index is -1.04. The van der Waals surface area contributed by atoms with E-state index < -0.39 is 5.97 Å². The zero-order valence-electron chi connectivity index (χ0n) is 12.6. The van der Waals surface area contributed by atoms with Gasteiger partial charge in [0, 0.05) is 11.8 Å². The summed E-state index contributed by atoms with van der Waals surface area (Å²) in [4.78, 5) is 19.8. The van der Waals surface area contributed by atoms with Gasteiger partial charge in [0.2, 0.25) is 6.79 Å². The van der Waals surface area contributed by atoms with Crippen molar-refractivity contribution in [2.24, 2.45) is 0 Å². The molecule has 0 saturated carbocycles. The van der Waals surface area contributed by atoms with Gasteiger partial charge >= 0.3 is 5.97 Å². The normalized spacial score (nSPS) is 12.4. The molecular formula is C16H12N4O4. The number of hydrogen-bond donors (Lipinski definition) is 1. The fraction of sp³-hybridized carbons (Fsp3) is 0.125. The summed E-state index contributed by atoms with van der Waals surface area (Å²) in [6.45, 7) is 1.87. The number of hydrogen-bond acceptors (Lipinski definition) is 6. The van der Waals surface area contributed by atoms with E-state index in [0.717, 1.165) is 5.56 Å². The van der Waals surface area contributed by atoms with Crippen LogP contribution in [0.4, 0.5) is 0 Å². The van der Waals surface area contributed by atoms with Crippen molar-refractivity contribution >= 4 is 5.97 Å². The average molecular weight is 324 g/mol. The van der Waals surface area contributed by atoms with Crippen LogP contribution in [0.15, 0.2) is 36.7 Å². The average Bonchev–Trinajstić information content (AvgIpc) is 3.20. The van der Waals surface area contributed by atoms with E-state index in [1.54, 1.807) is 19.2 Å². The Kier molecular flexibility index (Phi) is 3.16. The van der Waals surface area contributed by atoms with E-state index in [-0.39, 0.29) is 12.4 Å². The molecule has 2 aromatic heterocycles. The second-order valence-corrected chi connectivity index (χ2v) is 5.17. The van der Waals surface area contributed by atoms with Crippen LogP contribution in [-0.2, 0) is 0 Å². The van der Waals surface area contributed by atoms with Crippen LogP contribution in [0.5, 0.6) is 11.5 Å². The minimum Gasteiger partial charge on any atom is -0.478 e. The number of aromatic carboxylic acids is 1. The van der Waals surface area contributed by atoms with E-state index in [9.17, 15) is 4.79 Å². The van der Waals surface area contributed by atoms with Crippen molar-refractivity contribution in [1.29, 1.82) is 0 Å². The van der Waals surface area contributed by atoms with Crippen molar-refractivity contribution in [2.45, 2.75) is 6.92 Å². The molecule has 0 spiro atoms. The van der Waals surface area contributed by atoms with Crippen LogP contribution in [-0.4, -0.2) is 37.6 Å². The van der Waals surface area contributed by atoms with Crippen LogP contribution in [0.1, 0.15) is 16.1 Å². The summed E-state index contributed by atoms with van der Waals surface area (Å²) in [5.74, 6) is 0.624. The molecule has 0 aliphatic carbocycles. The van der Waals surface area contributed by atoms with Crippen molar-refractivity contribution in [3.63, 3.8) is 0 Å². The fourth-order valence-corrected chi connectivity index (χ4v) is 2.49. The zero-order chi connectivity index (χ0) is 16.7. The highest BCUT2D eigenvalue weighted by atomic mass is 16.7. The van der Waals surface area contributed by atoms with Gasteiger partial charge in [0.15, 0.2) is 11.5 Å². The molecule has 1 aliphatic rings. The Morgan fingerprint density at radius 3 is 2.88 bits per heavy atom. The lowest BCUT2D eigenvalue weighted by molar-refractivity contribution is 0.0696. The molecule has 0 radical (unpaired) electrons. The Morgan fingerprint density at radius 1 is 1.25 bits per heavy atom. The molecule has 0 amide bonds. The van der Waals surface area contributed by atoms with E-state index in [0.29, 0.717) is 28.8 Å². The zero-order valence-corrected chi connectivity index (χ0v) is 12.6. The van der Waals surface area contributed by atoms with Crippen LogP contribution in [0.2, 0.25) is 0 Å². The predicted octanol–water partition coefficient (Wildman–Crippen LogP) is 2.06. The SMILES string of the molecule is Cc1c(C(=O)O)cnn1-c1nccc(-c2ccc3c(c2)OCO3)n1. The molecule has 8 heteroatoms. The van der Waals surface area contributed by atoms with E-state index in [4.69, 9.17) is 14.6 Å². The topological polar surface area (TPSA) is 99.4 Å². The molecule has 4 rings (SSSR count). The van der Waals surface area contributed by atoms with Gasteiger partial charge < -0.3 is 14.6 Å². The number of carboxylic acids is 1. The fourth-order valence-electron chi connectivity index (χ4n) is 2.49. The van der Waals surface area contributed by atoms with Gasteiger partial charge in [-0.05, 0) is 31.2 Å². The van der Waals surface area contributed by atoms with Gasteiger partial charge in [0.05, 0.1) is 17.6 Å². The molecule has 1 aromatic carbocycles.